The zero-order valence-corrected chi connectivity index (χ0v) is 8.23. The molecule has 0 bridgehead atoms. The first kappa shape index (κ1) is 10.7. The van der Waals surface area contributed by atoms with Crippen molar-refractivity contribution in [1.29, 1.82) is 0 Å². The molecule has 0 aliphatic heterocycles. The highest BCUT2D eigenvalue weighted by atomic mass is 16.4. The summed E-state index contributed by atoms with van der Waals surface area (Å²) in [6, 6.07) is -0.409. The molecule has 1 aromatic heterocycles. The van der Waals surface area contributed by atoms with Crippen LogP contribution in [0.2, 0.25) is 0 Å². The topological polar surface area (TPSA) is 89.4 Å². The SMILES string of the molecule is CC[C@@H](C)[C@H](N)c1ocnc1C(=O)O. The molecule has 1 rings (SSSR count). The van der Waals surface area contributed by atoms with E-state index in [1.165, 1.54) is 0 Å². The third-order valence-corrected chi connectivity index (χ3v) is 2.36. The molecule has 0 amide bonds. The fourth-order valence-electron chi connectivity index (χ4n) is 1.16. The highest BCUT2D eigenvalue weighted by Gasteiger charge is 2.24. The number of carbonyl (C=O) groups is 1. The molecule has 78 valence electrons. The maximum Gasteiger partial charge on any atom is 0.358 e. The zero-order valence-electron chi connectivity index (χ0n) is 8.23. The van der Waals surface area contributed by atoms with E-state index in [4.69, 9.17) is 15.3 Å². The molecule has 2 atom stereocenters. The molecule has 0 spiro atoms. The Labute approximate surface area is 81.9 Å². The first-order valence-electron chi connectivity index (χ1n) is 4.50. The highest BCUT2D eigenvalue weighted by Crippen LogP contribution is 2.24. The van der Waals surface area contributed by atoms with Gasteiger partial charge >= 0.3 is 5.97 Å². The van der Waals surface area contributed by atoms with Gasteiger partial charge in [0, 0.05) is 0 Å². The number of nitrogens with two attached hydrogens (primary N) is 1. The molecule has 0 aromatic carbocycles. The van der Waals surface area contributed by atoms with Crippen LogP contribution in [0.15, 0.2) is 10.8 Å². The summed E-state index contributed by atoms with van der Waals surface area (Å²) in [5.41, 5.74) is 5.75. The molecular formula is C9H14N2O3. The average Bonchev–Trinajstić information content (AvgIpc) is 2.63. The van der Waals surface area contributed by atoms with E-state index >= 15 is 0 Å². The van der Waals surface area contributed by atoms with Gasteiger partial charge in [-0.3, -0.25) is 0 Å². The van der Waals surface area contributed by atoms with E-state index in [0.29, 0.717) is 0 Å². The van der Waals surface area contributed by atoms with Crippen LogP contribution >= 0.6 is 0 Å². The molecule has 0 fully saturated rings. The fraction of sp³-hybridized carbons (Fsp3) is 0.556. The standard InChI is InChI=1S/C9H14N2O3/c1-3-5(2)6(10)8-7(9(12)13)11-4-14-8/h4-6H,3,10H2,1-2H3,(H,12,13)/t5-,6+/m1/s1. The van der Waals surface area contributed by atoms with Crippen molar-refractivity contribution in [2.24, 2.45) is 11.7 Å². The molecule has 0 saturated heterocycles. The Morgan fingerprint density at radius 3 is 2.93 bits per heavy atom. The second kappa shape index (κ2) is 4.23. The number of hydrogen-bond donors (Lipinski definition) is 2. The van der Waals surface area contributed by atoms with Gasteiger partial charge in [-0.25, -0.2) is 9.78 Å². The number of aromatic carboxylic acids is 1. The lowest BCUT2D eigenvalue weighted by Crippen LogP contribution is -2.20. The first-order valence-corrected chi connectivity index (χ1v) is 4.50. The van der Waals surface area contributed by atoms with E-state index in [-0.39, 0.29) is 17.4 Å². The number of carboxylic acids is 1. The number of carboxylic acid groups (broad SMARTS) is 1. The number of hydrogen-bond acceptors (Lipinski definition) is 4. The van der Waals surface area contributed by atoms with E-state index in [2.05, 4.69) is 4.98 Å². The predicted octanol–water partition coefficient (Wildman–Crippen LogP) is 1.42. The molecule has 5 nitrogen and oxygen atoms in total. The second-order valence-electron chi connectivity index (χ2n) is 3.28. The molecule has 0 unspecified atom stereocenters. The maximum absolute atomic E-state index is 10.7. The lowest BCUT2D eigenvalue weighted by molar-refractivity contribution is 0.0687. The van der Waals surface area contributed by atoms with Crippen LogP contribution in [0, 0.1) is 5.92 Å². The van der Waals surface area contributed by atoms with Crippen molar-refractivity contribution in [3.05, 3.63) is 17.8 Å². The molecule has 3 N–H and O–H groups in total. The molecule has 14 heavy (non-hydrogen) atoms. The van der Waals surface area contributed by atoms with Crippen molar-refractivity contribution in [3.8, 4) is 0 Å². The Kier molecular flexibility index (Phi) is 3.24. The summed E-state index contributed by atoms with van der Waals surface area (Å²) in [4.78, 5) is 14.3. The average molecular weight is 198 g/mol. The number of oxazole rings is 1. The van der Waals surface area contributed by atoms with Gasteiger partial charge in [0.05, 0.1) is 6.04 Å². The lowest BCUT2D eigenvalue weighted by atomic mass is 9.97. The van der Waals surface area contributed by atoms with Gasteiger partial charge in [-0.2, -0.15) is 0 Å². The van der Waals surface area contributed by atoms with Gasteiger partial charge in [0.25, 0.3) is 0 Å². The van der Waals surface area contributed by atoms with Gasteiger partial charge in [0.2, 0.25) is 0 Å². The Hall–Kier alpha value is -1.36. The maximum atomic E-state index is 10.7. The summed E-state index contributed by atoms with van der Waals surface area (Å²) in [5.74, 6) is -0.680. The molecule has 0 aliphatic rings. The monoisotopic (exact) mass is 198 g/mol. The van der Waals surface area contributed by atoms with E-state index in [1.807, 2.05) is 13.8 Å². The summed E-state index contributed by atoms with van der Waals surface area (Å²) >= 11 is 0. The molecular weight excluding hydrogens is 184 g/mol. The third-order valence-electron chi connectivity index (χ3n) is 2.36. The van der Waals surface area contributed by atoms with Crippen molar-refractivity contribution >= 4 is 5.97 Å². The van der Waals surface area contributed by atoms with Crippen molar-refractivity contribution in [2.45, 2.75) is 26.3 Å². The smallest absolute Gasteiger partial charge is 0.358 e. The minimum atomic E-state index is -1.10. The van der Waals surface area contributed by atoms with Gasteiger partial charge in [-0.05, 0) is 5.92 Å². The predicted molar refractivity (Wildman–Crippen MR) is 49.8 cm³/mol. The van der Waals surface area contributed by atoms with Crippen LogP contribution in [0.1, 0.15) is 42.6 Å². The van der Waals surface area contributed by atoms with Crippen LogP contribution in [0.4, 0.5) is 0 Å². The van der Waals surface area contributed by atoms with Crippen LogP contribution in [0.25, 0.3) is 0 Å². The lowest BCUT2D eigenvalue weighted by Gasteiger charge is -2.15. The Bertz CT molecular complexity index is 322. The van der Waals surface area contributed by atoms with Crippen molar-refractivity contribution in [2.75, 3.05) is 0 Å². The molecule has 0 aliphatic carbocycles. The number of nitrogens with zero attached hydrogens (tertiary/aromatic N) is 1. The van der Waals surface area contributed by atoms with Crippen LogP contribution < -0.4 is 5.73 Å². The first-order chi connectivity index (χ1) is 6.57. The fourth-order valence-corrected chi connectivity index (χ4v) is 1.16. The molecule has 1 heterocycles. The van der Waals surface area contributed by atoms with Gasteiger partial charge in [-0.1, -0.05) is 20.3 Å². The molecule has 0 saturated carbocycles. The van der Waals surface area contributed by atoms with E-state index in [1.54, 1.807) is 0 Å². The van der Waals surface area contributed by atoms with Gasteiger partial charge in [0.15, 0.2) is 17.8 Å². The minimum absolute atomic E-state index is 0.0854. The summed E-state index contributed by atoms with van der Waals surface area (Å²) in [5, 5.41) is 8.78. The van der Waals surface area contributed by atoms with Gasteiger partial charge in [0.1, 0.15) is 0 Å². The summed E-state index contributed by atoms with van der Waals surface area (Å²) in [7, 11) is 0. The summed E-state index contributed by atoms with van der Waals surface area (Å²) in [6.45, 7) is 3.93. The van der Waals surface area contributed by atoms with Crippen molar-refractivity contribution in [1.82, 2.24) is 4.98 Å². The normalized spacial score (nSPS) is 15.1. The minimum Gasteiger partial charge on any atom is -0.476 e. The van der Waals surface area contributed by atoms with Crippen molar-refractivity contribution in [3.63, 3.8) is 0 Å². The summed E-state index contributed by atoms with van der Waals surface area (Å²) in [6.07, 6.45) is 1.97. The number of aromatic nitrogens is 1. The van der Waals surface area contributed by atoms with Gasteiger partial charge < -0.3 is 15.3 Å². The Morgan fingerprint density at radius 1 is 1.79 bits per heavy atom. The van der Waals surface area contributed by atoms with Crippen LogP contribution in [-0.2, 0) is 0 Å². The van der Waals surface area contributed by atoms with E-state index in [0.717, 1.165) is 12.8 Å². The molecule has 1 aromatic rings. The zero-order chi connectivity index (χ0) is 10.7. The second-order valence-corrected chi connectivity index (χ2v) is 3.28. The molecule has 5 heteroatoms. The quantitative estimate of drug-likeness (QED) is 0.763. The molecule has 0 radical (unpaired) electrons. The Balaban J connectivity index is 2.94. The highest BCUT2D eigenvalue weighted by molar-refractivity contribution is 5.86. The van der Waals surface area contributed by atoms with Gasteiger partial charge in [-0.15, -0.1) is 0 Å². The van der Waals surface area contributed by atoms with Crippen LogP contribution in [0.3, 0.4) is 0 Å². The Morgan fingerprint density at radius 2 is 2.43 bits per heavy atom. The third kappa shape index (κ3) is 1.93. The van der Waals surface area contributed by atoms with E-state index in [9.17, 15) is 4.79 Å². The van der Waals surface area contributed by atoms with E-state index < -0.39 is 12.0 Å². The largest absolute Gasteiger partial charge is 0.476 e. The van der Waals surface area contributed by atoms with Crippen LogP contribution in [0.5, 0.6) is 0 Å². The van der Waals surface area contributed by atoms with Crippen LogP contribution in [-0.4, -0.2) is 16.1 Å². The number of rotatable bonds is 4. The summed E-state index contributed by atoms with van der Waals surface area (Å²) < 4.78 is 4.99. The van der Waals surface area contributed by atoms with Crippen molar-refractivity contribution < 1.29 is 14.3 Å².